The number of anilines is 1. The van der Waals surface area contributed by atoms with Crippen molar-refractivity contribution < 1.29 is 0 Å². The monoisotopic (exact) mass is 216 g/mol. The highest BCUT2D eigenvalue weighted by Crippen LogP contribution is 2.30. The molecule has 2 fully saturated rings. The van der Waals surface area contributed by atoms with Gasteiger partial charge in [-0.25, -0.2) is 0 Å². The van der Waals surface area contributed by atoms with Gasteiger partial charge in [0.2, 0.25) is 0 Å². The fourth-order valence-corrected chi connectivity index (χ4v) is 2.07. The van der Waals surface area contributed by atoms with Crippen LogP contribution >= 0.6 is 0 Å². The van der Waals surface area contributed by atoms with Gasteiger partial charge in [0.05, 0.1) is 0 Å². The molecule has 0 heterocycles. The van der Waals surface area contributed by atoms with E-state index in [9.17, 15) is 0 Å². The molecule has 1 N–H and O–H groups in total. The summed E-state index contributed by atoms with van der Waals surface area (Å²) in [5, 5.41) is 3.54. The standard InChI is InChI=1S/C14H20N2/c1-16(14-8-9-14)13-6-2-11(3-7-13)10-15-12-4-5-12/h2-3,6-7,12,14-15H,4-5,8-10H2,1H3. The summed E-state index contributed by atoms with van der Waals surface area (Å²) in [7, 11) is 2.20. The molecule has 0 aliphatic heterocycles. The van der Waals surface area contributed by atoms with Crippen molar-refractivity contribution in [3.63, 3.8) is 0 Å². The maximum Gasteiger partial charge on any atom is 0.0366 e. The second kappa shape index (κ2) is 4.10. The van der Waals surface area contributed by atoms with Crippen molar-refractivity contribution in [3.05, 3.63) is 29.8 Å². The lowest BCUT2D eigenvalue weighted by atomic mass is 10.2. The quantitative estimate of drug-likeness (QED) is 0.813. The number of hydrogen-bond donors (Lipinski definition) is 1. The fraction of sp³-hybridized carbons (Fsp3) is 0.571. The molecule has 0 saturated heterocycles. The Hall–Kier alpha value is -1.02. The lowest BCUT2D eigenvalue weighted by Crippen LogP contribution is -2.19. The lowest BCUT2D eigenvalue weighted by molar-refractivity contribution is 0.688. The summed E-state index contributed by atoms with van der Waals surface area (Å²) >= 11 is 0. The van der Waals surface area contributed by atoms with Crippen LogP contribution in [0.15, 0.2) is 24.3 Å². The highest BCUT2D eigenvalue weighted by Gasteiger charge is 2.26. The van der Waals surface area contributed by atoms with E-state index in [1.165, 1.54) is 36.9 Å². The third-order valence-corrected chi connectivity index (χ3v) is 3.61. The third-order valence-electron chi connectivity index (χ3n) is 3.61. The molecule has 2 aliphatic carbocycles. The molecule has 0 bridgehead atoms. The average molecular weight is 216 g/mol. The normalized spacial score (nSPS) is 19.8. The zero-order valence-corrected chi connectivity index (χ0v) is 9.95. The summed E-state index contributed by atoms with van der Waals surface area (Å²) < 4.78 is 0. The molecule has 0 spiro atoms. The van der Waals surface area contributed by atoms with Crippen molar-refractivity contribution in [1.82, 2.24) is 5.32 Å². The minimum atomic E-state index is 0.800. The highest BCUT2D eigenvalue weighted by molar-refractivity contribution is 5.48. The summed E-state index contributed by atoms with van der Waals surface area (Å²) in [6.45, 7) is 1.03. The van der Waals surface area contributed by atoms with Gasteiger partial charge >= 0.3 is 0 Å². The molecule has 2 nitrogen and oxygen atoms in total. The Labute approximate surface area is 97.6 Å². The van der Waals surface area contributed by atoms with Crippen molar-refractivity contribution in [2.45, 2.75) is 44.3 Å². The SMILES string of the molecule is CN(c1ccc(CNC2CC2)cc1)C1CC1. The van der Waals surface area contributed by atoms with E-state index in [4.69, 9.17) is 0 Å². The maximum absolute atomic E-state index is 3.54. The van der Waals surface area contributed by atoms with Gasteiger partial charge in [-0.15, -0.1) is 0 Å². The van der Waals surface area contributed by atoms with Crippen LogP contribution in [-0.4, -0.2) is 19.1 Å². The molecule has 2 saturated carbocycles. The molecule has 16 heavy (non-hydrogen) atoms. The summed E-state index contributed by atoms with van der Waals surface area (Å²) in [4.78, 5) is 2.40. The fourth-order valence-electron chi connectivity index (χ4n) is 2.07. The largest absolute Gasteiger partial charge is 0.372 e. The smallest absolute Gasteiger partial charge is 0.0366 e. The maximum atomic E-state index is 3.54. The van der Waals surface area contributed by atoms with E-state index in [2.05, 4.69) is 41.5 Å². The van der Waals surface area contributed by atoms with Crippen LogP contribution in [0.5, 0.6) is 0 Å². The van der Waals surface area contributed by atoms with Crippen LogP contribution in [0.25, 0.3) is 0 Å². The Morgan fingerprint density at radius 1 is 1.12 bits per heavy atom. The number of hydrogen-bond acceptors (Lipinski definition) is 2. The van der Waals surface area contributed by atoms with E-state index >= 15 is 0 Å². The molecule has 1 aromatic carbocycles. The zero-order chi connectivity index (χ0) is 11.0. The Morgan fingerprint density at radius 3 is 2.38 bits per heavy atom. The predicted octanol–water partition coefficient (Wildman–Crippen LogP) is 2.54. The van der Waals surface area contributed by atoms with E-state index in [1.807, 2.05) is 0 Å². The van der Waals surface area contributed by atoms with Crippen LogP contribution < -0.4 is 10.2 Å². The molecule has 1 aromatic rings. The first-order chi connectivity index (χ1) is 7.83. The number of nitrogens with one attached hydrogen (secondary N) is 1. The minimum Gasteiger partial charge on any atom is -0.372 e. The van der Waals surface area contributed by atoms with Gasteiger partial charge in [0, 0.05) is 31.4 Å². The van der Waals surface area contributed by atoms with E-state index in [0.29, 0.717) is 0 Å². The first kappa shape index (κ1) is 10.2. The number of nitrogens with zero attached hydrogens (tertiary/aromatic N) is 1. The minimum absolute atomic E-state index is 0.800. The molecule has 0 radical (unpaired) electrons. The van der Waals surface area contributed by atoms with Gasteiger partial charge < -0.3 is 10.2 Å². The molecular formula is C14H20N2. The summed E-state index contributed by atoms with van der Waals surface area (Å²) in [6, 6.07) is 10.6. The van der Waals surface area contributed by atoms with Crippen LogP contribution in [0.3, 0.4) is 0 Å². The van der Waals surface area contributed by atoms with Crippen LogP contribution in [0.1, 0.15) is 31.2 Å². The van der Waals surface area contributed by atoms with Gasteiger partial charge in [0.25, 0.3) is 0 Å². The van der Waals surface area contributed by atoms with Crippen molar-refractivity contribution >= 4 is 5.69 Å². The van der Waals surface area contributed by atoms with Crippen molar-refractivity contribution in [1.29, 1.82) is 0 Å². The second-order valence-electron chi connectivity index (χ2n) is 5.16. The molecular weight excluding hydrogens is 196 g/mol. The second-order valence-corrected chi connectivity index (χ2v) is 5.16. The number of rotatable bonds is 5. The van der Waals surface area contributed by atoms with Crippen molar-refractivity contribution in [3.8, 4) is 0 Å². The highest BCUT2D eigenvalue weighted by atomic mass is 15.2. The average Bonchev–Trinajstić information content (AvgIpc) is 3.19. The molecule has 2 aliphatic rings. The van der Waals surface area contributed by atoms with Crippen LogP contribution in [0.4, 0.5) is 5.69 Å². The number of benzene rings is 1. The molecule has 0 atom stereocenters. The van der Waals surface area contributed by atoms with Gasteiger partial charge in [-0.1, -0.05) is 12.1 Å². The van der Waals surface area contributed by atoms with Crippen molar-refractivity contribution in [2.24, 2.45) is 0 Å². The molecule has 2 heteroatoms. The molecule has 86 valence electrons. The summed E-state index contributed by atoms with van der Waals surface area (Å²) in [5.41, 5.74) is 2.76. The summed E-state index contributed by atoms with van der Waals surface area (Å²) in [5.74, 6) is 0. The lowest BCUT2D eigenvalue weighted by Gasteiger charge is -2.18. The first-order valence-corrected chi connectivity index (χ1v) is 6.38. The van der Waals surface area contributed by atoms with Crippen LogP contribution in [0, 0.1) is 0 Å². The molecule has 0 aromatic heterocycles. The van der Waals surface area contributed by atoms with Gasteiger partial charge in [-0.2, -0.15) is 0 Å². The van der Waals surface area contributed by atoms with Crippen LogP contribution in [0.2, 0.25) is 0 Å². The van der Waals surface area contributed by atoms with Gasteiger partial charge in [0.1, 0.15) is 0 Å². The van der Waals surface area contributed by atoms with Gasteiger partial charge in [-0.3, -0.25) is 0 Å². The van der Waals surface area contributed by atoms with Gasteiger partial charge in [0.15, 0.2) is 0 Å². The first-order valence-electron chi connectivity index (χ1n) is 6.38. The van der Waals surface area contributed by atoms with Gasteiger partial charge in [-0.05, 0) is 43.4 Å². The molecule has 0 unspecified atom stereocenters. The Balaban J connectivity index is 1.59. The van der Waals surface area contributed by atoms with E-state index in [1.54, 1.807) is 0 Å². The Bertz CT molecular complexity index is 350. The van der Waals surface area contributed by atoms with E-state index in [-0.39, 0.29) is 0 Å². The molecule has 0 amide bonds. The predicted molar refractivity (Wildman–Crippen MR) is 67.7 cm³/mol. The zero-order valence-electron chi connectivity index (χ0n) is 9.95. The van der Waals surface area contributed by atoms with E-state index in [0.717, 1.165) is 18.6 Å². The molecule has 3 rings (SSSR count). The third kappa shape index (κ3) is 2.38. The Morgan fingerprint density at radius 2 is 1.81 bits per heavy atom. The van der Waals surface area contributed by atoms with Crippen molar-refractivity contribution in [2.75, 3.05) is 11.9 Å². The van der Waals surface area contributed by atoms with Crippen LogP contribution in [-0.2, 0) is 6.54 Å². The summed E-state index contributed by atoms with van der Waals surface area (Å²) in [6.07, 6.45) is 5.45. The Kier molecular flexibility index (Phi) is 2.60. The van der Waals surface area contributed by atoms with E-state index < -0.39 is 0 Å². The topological polar surface area (TPSA) is 15.3 Å².